The third kappa shape index (κ3) is 3.94. The van der Waals surface area contributed by atoms with Crippen molar-refractivity contribution in [2.45, 2.75) is 52.0 Å². The molecule has 0 bridgehead atoms. The first kappa shape index (κ1) is 20.5. The van der Waals surface area contributed by atoms with Crippen LogP contribution in [0.3, 0.4) is 0 Å². The summed E-state index contributed by atoms with van der Waals surface area (Å²) in [7, 11) is 0. The minimum absolute atomic E-state index is 0.0308. The maximum absolute atomic E-state index is 13.4. The summed E-state index contributed by atoms with van der Waals surface area (Å²) in [5, 5.41) is 7.74. The predicted molar refractivity (Wildman–Crippen MR) is 112 cm³/mol. The number of benzene rings is 1. The molecule has 3 heterocycles. The Bertz CT molecular complexity index is 1070. The molecule has 30 heavy (non-hydrogen) atoms. The number of aryl methyl sites for hydroxylation is 3. The van der Waals surface area contributed by atoms with Crippen molar-refractivity contribution < 1.29 is 13.9 Å². The Labute approximate surface area is 175 Å². The third-order valence-corrected chi connectivity index (χ3v) is 6.01. The van der Waals surface area contributed by atoms with E-state index >= 15 is 0 Å². The highest BCUT2D eigenvalue weighted by Gasteiger charge is 2.35. The monoisotopic (exact) mass is 410 g/mol. The number of nitrogens with zero attached hydrogens (tertiary/aromatic N) is 3. The van der Waals surface area contributed by atoms with Gasteiger partial charge in [-0.25, -0.2) is 13.9 Å². The van der Waals surface area contributed by atoms with Crippen LogP contribution in [0.5, 0.6) is 0 Å². The van der Waals surface area contributed by atoms with Crippen LogP contribution in [-0.2, 0) is 21.5 Å². The van der Waals surface area contributed by atoms with Crippen molar-refractivity contribution >= 4 is 11.6 Å². The average Bonchev–Trinajstić information content (AvgIpc) is 3.09. The molecule has 0 radical (unpaired) electrons. The van der Waals surface area contributed by atoms with E-state index in [9.17, 15) is 9.18 Å². The highest BCUT2D eigenvalue weighted by Crippen LogP contribution is 2.32. The van der Waals surface area contributed by atoms with E-state index in [1.807, 2.05) is 31.4 Å². The predicted octanol–water partition coefficient (Wildman–Crippen LogP) is 3.55. The van der Waals surface area contributed by atoms with E-state index in [2.05, 4.69) is 15.4 Å². The summed E-state index contributed by atoms with van der Waals surface area (Å²) in [5.41, 5.74) is 5.12. The summed E-state index contributed by atoms with van der Waals surface area (Å²) in [5.74, 6) is -0.313. The van der Waals surface area contributed by atoms with E-state index in [-0.39, 0.29) is 11.7 Å². The maximum atomic E-state index is 13.4. The zero-order valence-corrected chi connectivity index (χ0v) is 17.7. The number of hydrogen-bond donors (Lipinski definition) is 1. The van der Waals surface area contributed by atoms with Crippen LogP contribution >= 0.6 is 0 Å². The first-order chi connectivity index (χ1) is 14.4. The summed E-state index contributed by atoms with van der Waals surface area (Å²) >= 11 is 0. The lowest BCUT2D eigenvalue weighted by atomic mass is 9.82. The third-order valence-electron chi connectivity index (χ3n) is 6.01. The van der Waals surface area contributed by atoms with Crippen molar-refractivity contribution in [2.75, 3.05) is 13.2 Å². The maximum Gasteiger partial charge on any atom is 0.221 e. The van der Waals surface area contributed by atoms with Crippen molar-refractivity contribution in [3.8, 4) is 0 Å². The van der Waals surface area contributed by atoms with Gasteiger partial charge in [-0.1, -0.05) is 12.1 Å². The number of aromatic nitrogens is 3. The van der Waals surface area contributed by atoms with Gasteiger partial charge in [0, 0.05) is 37.1 Å². The molecular weight excluding hydrogens is 383 g/mol. The summed E-state index contributed by atoms with van der Waals surface area (Å²) in [4.78, 5) is 17.6. The fraction of sp³-hybridized carbons (Fsp3) is 0.435. The fourth-order valence-corrected chi connectivity index (χ4v) is 4.35. The van der Waals surface area contributed by atoms with Crippen LogP contribution in [0.25, 0.3) is 5.65 Å². The molecule has 158 valence electrons. The van der Waals surface area contributed by atoms with E-state index in [4.69, 9.17) is 4.74 Å². The molecule has 0 saturated carbocycles. The van der Waals surface area contributed by atoms with Gasteiger partial charge in [0.1, 0.15) is 5.82 Å². The second-order valence-corrected chi connectivity index (χ2v) is 8.07. The number of rotatable bonds is 5. The quantitative estimate of drug-likeness (QED) is 0.699. The molecule has 0 atom stereocenters. The molecule has 7 heteroatoms. The van der Waals surface area contributed by atoms with Crippen molar-refractivity contribution in [3.63, 3.8) is 0 Å². The number of nitrogens with one attached hydrogen (secondary N) is 1. The lowest BCUT2D eigenvalue weighted by Gasteiger charge is -2.38. The van der Waals surface area contributed by atoms with Gasteiger partial charge in [0.25, 0.3) is 0 Å². The van der Waals surface area contributed by atoms with Crippen molar-refractivity contribution in [1.29, 1.82) is 0 Å². The number of amides is 1. The molecule has 1 N–H and O–H groups in total. The van der Waals surface area contributed by atoms with Crippen molar-refractivity contribution in [3.05, 3.63) is 64.4 Å². The van der Waals surface area contributed by atoms with Crippen LogP contribution in [0, 0.1) is 26.6 Å². The Morgan fingerprint density at radius 2 is 1.90 bits per heavy atom. The van der Waals surface area contributed by atoms with Crippen molar-refractivity contribution in [1.82, 2.24) is 19.9 Å². The zero-order chi connectivity index (χ0) is 21.3. The Hall–Kier alpha value is -2.80. The Morgan fingerprint density at radius 3 is 2.60 bits per heavy atom. The first-order valence-electron chi connectivity index (χ1n) is 10.4. The van der Waals surface area contributed by atoms with E-state index in [0.717, 1.165) is 33.9 Å². The smallest absolute Gasteiger partial charge is 0.221 e. The minimum atomic E-state index is -0.519. The molecule has 6 nitrogen and oxygen atoms in total. The Morgan fingerprint density at radius 1 is 1.20 bits per heavy atom. The molecule has 1 aliphatic rings. The number of carbonyl (C=O) groups excluding carboxylic acids is 1. The van der Waals surface area contributed by atoms with Crippen LogP contribution in [0.2, 0.25) is 0 Å². The molecule has 3 aromatic rings. The van der Waals surface area contributed by atoms with Crippen LogP contribution in [0.1, 0.15) is 47.5 Å². The molecule has 4 rings (SSSR count). The van der Waals surface area contributed by atoms with Gasteiger partial charge in [-0.15, -0.1) is 0 Å². The summed E-state index contributed by atoms with van der Waals surface area (Å²) in [6.45, 7) is 7.06. The highest BCUT2D eigenvalue weighted by molar-refractivity contribution is 5.77. The van der Waals surface area contributed by atoms with Gasteiger partial charge in [0.15, 0.2) is 5.65 Å². The number of fused-ring (bicyclic) bond motifs is 1. The molecule has 0 unspecified atom stereocenters. The second kappa shape index (κ2) is 8.14. The molecule has 1 aliphatic heterocycles. The largest absolute Gasteiger partial charge is 0.381 e. The lowest BCUT2D eigenvalue weighted by molar-refractivity contribution is -0.124. The normalized spacial score (nSPS) is 16.0. The number of halogens is 1. The SMILES string of the molecule is Cc1cc2nc(C)c(CCC(=O)NC3(c4ccc(F)cc4)CCOCC3)c(C)n2n1. The molecule has 1 saturated heterocycles. The fourth-order valence-electron chi connectivity index (χ4n) is 4.35. The van der Waals surface area contributed by atoms with Crippen LogP contribution in [-0.4, -0.2) is 33.7 Å². The summed E-state index contributed by atoms with van der Waals surface area (Å²) < 4.78 is 20.8. The van der Waals surface area contributed by atoms with E-state index in [1.54, 1.807) is 12.1 Å². The molecule has 2 aromatic heterocycles. The van der Waals surface area contributed by atoms with E-state index in [0.29, 0.717) is 38.9 Å². The minimum Gasteiger partial charge on any atom is -0.381 e. The molecule has 1 amide bonds. The van der Waals surface area contributed by atoms with Gasteiger partial charge in [-0.2, -0.15) is 5.10 Å². The van der Waals surface area contributed by atoms with Crippen LogP contribution in [0.4, 0.5) is 4.39 Å². The standard InChI is InChI=1S/C23H27FN4O2/c1-15-14-21-25-16(2)20(17(3)28(21)27-15)8-9-22(29)26-23(10-12-30-13-11-23)18-4-6-19(24)7-5-18/h4-7,14H,8-13H2,1-3H3,(H,26,29). The molecule has 1 fully saturated rings. The van der Waals surface area contributed by atoms with Gasteiger partial charge in [-0.3, -0.25) is 4.79 Å². The Balaban J connectivity index is 1.52. The topological polar surface area (TPSA) is 68.5 Å². The molecule has 1 aromatic carbocycles. The first-order valence-corrected chi connectivity index (χ1v) is 10.4. The van der Waals surface area contributed by atoms with Crippen LogP contribution < -0.4 is 5.32 Å². The number of ether oxygens (including phenoxy) is 1. The molecule has 0 spiro atoms. The summed E-state index contributed by atoms with van der Waals surface area (Å²) in [6.07, 6.45) is 2.27. The average molecular weight is 410 g/mol. The summed E-state index contributed by atoms with van der Waals surface area (Å²) in [6, 6.07) is 8.35. The van der Waals surface area contributed by atoms with E-state index < -0.39 is 5.54 Å². The van der Waals surface area contributed by atoms with Gasteiger partial charge in [0.2, 0.25) is 5.91 Å². The number of hydrogen-bond acceptors (Lipinski definition) is 4. The second-order valence-electron chi connectivity index (χ2n) is 8.07. The van der Waals surface area contributed by atoms with Crippen LogP contribution in [0.15, 0.2) is 30.3 Å². The zero-order valence-electron chi connectivity index (χ0n) is 17.7. The van der Waals surface area contributed by atoms with Gasteiger partial charge in [-0.05, 0) is 63.3 Å². The lowest BCUT2D eigenvalue weighted by Crippen LogP contribution is -2.49. The molecular formula is C23H27FN4O2. The number of carbonyl (C=O) groups is 1. The van der Waals surface area contributed by atoms with E-state index in [1.165, 1.54) is 12.1 Å². The Kier molecular flexibility index (Phi) is 5.56. The van der Waals surface area contributed by atoms with Crippen molar-refractivity contribution in [2.24, 2.45) is 0 Å². The van der Waals surface area contributed by atoms with Gasteiger partial charge >= 0.3 is 0 Å². The van der Waals surface area contributed by atoms with Gasteiger partial charge < -0.3 is 10.1 Å². The molecule has 0 aliphatic carbocycles. The van der Waals surface area contributed by atoms with Gasteiger partial charge in [0.05, 0.1) is 11.2 Å². The highest BCUT2D eigenvalue weighted by atomic mass is 19.1.